The number of rotatable bonds is 7. The fraction of sp³-hybridized carbons (Fsp3) is 0.769. The minimum Gasteiger partial charge on any atom is -0.311 e. The van der Waals surface area contributed by atoms with Gasteiger partial charge in [-0.2, -0.15) is 0 Å². The van der Waals surface area contributed by atoms with Crippen molar-refractivity contribution in [3.8, 4) is 0 Å². The Labute approximate surface area is 109 Å². The van der Waals surface area contributed by atoms with E-state index in [2.05, 4.69) is 55.3 Å². The lowest BCUT2D eigenvalue weighted by atomic mass is 10.1. The van der Waals surface area contributed by atoms with Crippen LogP contribution < -0.4 is 5.32 Å². The lowest BCUT2D eigenvalue weighted by Crippen LogP contribution is -2.32. The molecule has 1 N–H and O–H groups in total. The topological polar surface area (TPSA) is 28.2 Å². The Bertz CT molecular complexity index is 322. The van der Waals surface area contributed by atoms with E-state index < -0.39 is 0 Å². The minimum atomic E-state index is 0.592. The molecule has 1 heterocycles. The lowest BCUT2D eigenvalue weighted by Gasteiger charge is -2.26. The molecule has 0 saturated heterocycles. The van der Waals surface area contributed by atoms with Crippen molar-refractivity contribution < 1.29 is 0 Å². The Morgan fingerprint density at radius 2 is 2.12 bits per heavy atom. The van der Waals surface area contributed by atoms with Gasteiger partial charge in [-0.3, -0.25) is 4.90 Å². The Morgan fingerprint density at radius 1 is 1.41 bits per heavy atom. The van der Waals surface area contributed by atoms with Crippen LogP contribution in [0.5, 0.6) is 0 Å². The number of nitrogens with one attached hydrogen (secondary N) is 1. The first-order valence-electron chi connectivity index (χ1n) is 6.38. The zero-order valence-corrected chi connectivity index (χ0v) is 12.5. The van der Waals surface area contributed by atoms with Gasteiger partial charge in [-0.05, 0) is 26.4 Å². The van der Waals surface area contributed by atoms with Crippen molar-refractivity contribution in [2.45, 2.75) is 46.8 Å². The molecule has 0 aliphatic carbocycles. The van der Waals surface area contributed by atoms with Crippen LogP contribution in [0, 0.1) is 5.92 Å². The van der Waals surface area contributed by atoms with Gasteiger partial charge >= 0.3 is 0 Å². The molecule has 4 heteroatoms. The van der Waals surface area contributed by atoms with E-state index in [0.717, 1.165) is 19.6 Å². The molecule has 98 valence electrons. The molecule has 0 saturated carbocycles. The molecule has 0 aromatic carbocycles. The van der Waals surface area contributed by atoms with Crippen molar-refractivity contribution in [2.75, 3.05) is 13.6 Å². The maximum Gasteiger partial charge on any atom is 0.107 e. The van der Waals surface area contributed by atoms with E-state index in [1.165, 1.54) is 10.7 Å². The van der Waals surface area contributed by atoms with Crippen LogP contribution in [-0.4, -0.2) is 29.5 Å². The second-order valence-corrected chi connectivity index (χ2v) is 5.86. The van der Waals surface area contributed by atoms with Crippen molar-refractivity contribution in [2.24, 2.45) is 5.92 Å². The maximum atomic E-state index is 4.64. The highest BCUT2D eigenvalue weighted by Crippen LogP contribution is 2.15. The highest BCUT2D eigenvalue weighted by Gasteiger charge is 2.14. The summed E-state index contributed by atoms with van der Waals surface area (Å²) in [4.78, 5) is 7.02. The average molecular weight is 255 g/mol. The van der Waals surface area contributed by atoms with Gasteiger partial charge in [-0.1, -0.05) is 20.8 Å². The molecule has 1 aromatic rings. The summed E-state index contributed by atoms with van der Waals surface area (Å²) < 4.78 is 0. The summed E-state index contributed by atoms with van der Waals surface area (Å²) in [5.41, 5.74) is 1.19. The first-order valence-corrected chi connectivity index (χ1v) is 7.26. The van der Waals surface area contributed by atoms with Crippen LogP contribution in [0.3, 0.4) is 0 Å². The van der Waals surface area contributed by atoms with Crippen molar-refractivity contribution in [1.29, 1.82) is 0 Å². The fourth-order valence-corrected chi connectivity index (χ4v) is 2.40. The van der Waals surface area contributed by atoms with Gasteiger partial charge in [0.1, 0.15) is 5.01 Å². The first-order chi connectivity index (χ1) is 8.04. The second kappa shape index (κ2) is 7.09. The van der Waals surface area contributed by atoms with Crippen LogP contribution in [0.25, 0.3) is 0 Å². The number of aromatic nitrogens is 1. The summed E-state index contributed by atoms with van der Waals surface area (Å²) in [6.45, 7) is 11.8. The van der Waals surface area contributed by atoms with Gasteiger partial charge < -0.3 is 5.32 Å². The van der Waals surface area contributed by atoms with Gasteiger partial charge in [0.15, 0.2) is 0 Å². The fourth-order valence-electron chi connectivity index (χ4n) is 1.64. The molecule has 1 atom stereocenters. The highest BCUT2D eigenvalue weighted by atomic mass is 32.1. The van der Waals surface area contributed by atoms with Gasteiger partial charge in [0.2, 0.25) is 0 Å². The summed E-state index contributed by atoms with van der Waals surface area (Å²) in [5, 5.41) is 6.67. The van der Waals surface area contributed by atoms with Gasteiger partial charge in [0.25, 0.3) is 0 Å². The third kappa shape index (κ3) is 4.74. The van der Waals surface area contributed by atoms with Crippen molar-refractivity contribution in [3.05, 3.63) is 16.1 Å². The molecule has 1 aromatic heterocycles. The van der Waals surface area contributed by atoms with Crippen LogP contribution in [-0.2, 0) is 13.1 Å². The monoisotopic (exact) mass is 255 g/mol. The van der Waals surface area contributed by atoms with E-state index in [0.29, 0.717) is 12.0 Å². The molecule has 0 aliphatic rings. The van der Waals surface area contributed by atoms with Crippen LogP contribution in [0.15, 0.2) is 5.38 Å². The van der Waals surface area contributed by atoms with Crippen LogP contribution in [0.4, 0.5) is 0 Å². The highest BCUT2D eigenvalue weighted by molar-refractivity contribution is 7.09. The summed E-state index contributed by atoms with van der Waals surface area (Å²) in [6, 6.07) is 0.592. The van der Waals surface area contributed by atoms with Crippen LogP contribution in [0.1, 0.15) is 38.4 Å². The Hall–Kier alpha value is -0.450. The van der Waals surface area contributed by atoms with Gasteiger partial charge in [0.05, 0.1) is 5.69 Å². The summed E-state index contributed by atoms with van der Waals surface area (Å²) in [5.74, 6) is 0.680. The molecule has 0 radical (unpaired) electrons. The standard InChI is InChI=1S/C13H25N3S/c1-6-14-7-13-15-12(9-17-13)8-16(5)11(4)10(2)3/h9-11,14H,6-8H2,1-5H3. The third-order valence-corrected chi connectivity index (χ3v) is 4.09. The molecular weight excluding hydrogens is 230 g/mol. The van der Waals surface area contributed by atoms with E-state index in [-0.39, 0.29) is 0 Å². The number of thiazole rings is 1. The molecule has 0 spiro atoms. The lowest BCUT2D eigenvalue weighted by molar-refractivity contribution is 0.198. The normalized spacial score (nSPS) is 13.6. The molecule has 17 heavy (non-hydrogen) atoms. The molecule has 0 fully saturated rings. The van der Waals surface area contributed by atoms with Crippen LogP contribution in [0.2, 0.25) is 0 Å². The Morgan fingerprint density at radius 3 is 2.71 bits per heavy atom. The molecule has 0 aliphatic heterocycles. The summed E-state index contributed by atoms with van der Waals surface area (Å²) in [6.07, 6.45) is 0. The minimum absolute atomic E-state index is 0.592. The Kier molecular flexibility index (Phi) is 6.09. The van der Waals surface area contributed by atoms with E-state index in [1.807, 2.05) is 0 Å². The zero-order chi connectivity index (χ0) is 12.8. The molecule has 1 rings (SSSR count). The van der Waals surface area contributed by atoms with Gasteiger partial charge in [-0.25, -0.2) is 4.98 Å². The van der Waals surface area contributed by atoms with E-state index in [1.54, 1.807) is 11.3 Å². The predicted molar refractivity (Wildman–Crippen MR) is 75.3 cm³/mol. The summed E-state index contributed by atoms with van der Waals surface area (Å²) in [7, 11) is 2.17. The SMILES string of the molecule is CCNCc1nc(CN(C)C(C)C(C)C)cs1. The second-order valence-electron chi connectivity index (χ2n) is 4.91. The molecule has 0 bridgehead atoms. The maximum absolute atomic E-state index is 4.64. The largest absolute Gasteiger partial charge is 0.311 e. The summed E-state index contributed by atoms with van der Waals surface area (Å²) >= 11 is 1.75. The molecule has 3 nitrogen and oxygen atoms in total. The molecule has 0 amide bonds. The van der Waals surface area contributed by atoms with E-state index >= 15 is 0 Å². The third-order valence-electron chi connectivity index (χ3n) is 3.20. The molecular formula is C13H25N3S. The van der Waals surface area contributed by atoms with Gasteiger partial charge in [0, 0.05) is 24.5 Å². The smallest absolute Gasteiger partial charge is 0.107 e. The molecule has 1 unspecified atom stereocenters. The zero-order valence-electron chi connectivity index (χ0n) is 11.7. The Balaban J connectivity index is 2.48. The number of hydrogen-bond acceptors (Lipinski definition) is 4. The van der Waals surface area contributed by atoms with E-state index in [4.69, 9.17) is 0 Å². The average Bonchev–Trinajstić information content (AvgIpc) is 2.72. The van der Waals surface area contributed by atoms with Crippen molar-refractivity contribution in [1.82, 2.24) is 15.2 Å². The van der Waals surface area contributed by atoms with Crippen molar-refractivity contribution in [3.63, 3.8) is 0 Å². The number of hydrogen-bond donors (Lipinski definition) is 1. The van der Waals surface area contributed by atoms with Gasteiger partial charge in [-0.15, -0.1) is 11.3 Å². The number of nitrogens with zero attached hydrogens (tertiary/aromatic N) is 2. The van der Waals surface area contributed by atoms with Crippen molar-refractivity contribution >= 4 is 11.3 Å². The quantitative estimate of drug-likeness (QED) is 0.812. The predicted octanol–water partition coefficient (Wildman–Crippen LogP) is 2.73. The van der Waals surface area contributed by atoms with E-state index in [9.17, 15) is 0 Å². The first kappa shape index (κ1) is 14.6. The van der Waals surface area contributed by atoms with Crippen LogP contribution >= 0.6 is 11.3 Å².